The smallest absolute Gasteiger partial charge is 0.225 e. The number of carbonyl (C=O) groups is 1. The van der Waals surface area contributed by atoms with Crippen molar-refractivity contribution in [2.75, 3.05) is 26.7 Å². The summed E-state index contributed by atoms with van der Waals surface area (Å²) in [5.41, 5.74) is 0.767. The lowest BCUT2D eigenvalue weighted by atomic mass is 10.0. The van der Waals surface area contributed by atoms with Gasteiger partial charge in [0.25, 0.3) is 0 Å². The normalized spacial score (nSPS) is 15.9. The third-order valence-electron chi connectivity index (χ3n) is 3.12. The first-order valence-corrected chi connectivity index (χ1v) is 6.01. The van der Waals surface area contributed by atoms with Crippen molar-refractivity contribution >= 4 is 18.3 Å². The Morgan fingerprint density at radius 3 is 2.58 bits per heavy atom. The number of hydrogen-bond acceptors (Lipinski definition) is 4. The van der Waals surface area contributed by atoms with Crippen LogP contribution in [0, 0.1) is 5.92 Å². The number of halogens is 1. The van der Waals surface area contributed by atoms with Gasteiger partial charge in [-0.1, -0.05) is 12.1 Å². The van der Waals surface area contributed by atoms with E-state index in [0.717, 1.165) is 24.4 Å². The van der Waals surface area contributed by atoms with Crippen molar-refractivity contribution < 1.29 is 14.6 Å². The van der Waals surface area contributed by atoms with Gasteiger partial charge in [0.2, 0.25) is 5.91 Å². The van der Waals surface area contributed by atoms with Crippen LogP contribution in [0.1, 0.15) is 11.7 Å². The standard InChI is InChI=1S/C13H18N2O3.ClH/c1-18-11-4-2-9(3-5-11)12(16)8-15-13(17)10-6-14-7-10;/h2-5,10,12,14,16H,6-8H2,1H3,(H,15,17);1H. The molecule has 0 radical (unpaired) electrons. The van der Waals surface area contributed by atoms with Gasteiger partial charge in [-0.05, 0) is 17.7 Å². The number of ether oxygens (including phenoxy) is 1. The molecule has 106 valence electrons. The molecule has 0 saturated carbocycles. The summed E-state index contributed by atoms with van der Waals surface area (Å²) in [6.45, 7) is 1.69. The van der Waals surface area contributed by atoms with Crippen molar-refractivity contribution in [1.82, 2.24) is 10.6 Å². The van der Waals surface area contributed by atoms with E-state index >= 15 is 0 Å². The first-order valence-electron chi connectivity index (χ1n) is 6.01. The van der Waals surface area contributed by atoms with Crippen LogP contribution in [-0.4, -0.2) is 37.8 Å². The zero-order valence-corrected chi connectivity index (χ0v) is 11.6. The summed E-state index contributed by atoms with van der Waals surface area (Å²) in [6, 6.07) is 7.16. The second-order valence-corrected chi connectivity index (χ2v) is 4.39. The molecule has 19 heavy (non-hydrogen) atoms. The number of rotatable bonds is 5. The molecule has 1 amide bonds. The summed E-state index contributed by atoms with van der Waals surface area (Å²) in [5.74, 6) is 0.796. The molecule has 1 aliphatic heterocycles. The first-order chi connectivity index (χ1) is 8.70. The lowest BCUT2D eigenvalue weighted by Gasteiger charge is -2.26. The van der Waals surface area contributed by atoms with Crippen LogP contribution < -0.4 is 15.4 Å². The second kappa shape index (κ2) is 7.33. The van der Waals surface area contributed by atoms with E-state index < -0.39 is 6.10 Å². The third-order valence-corrected chi connectivity index (χ3v) is 3.12. The number of amides is 1. The number of nitrogens with one attached hydrogen (secondary N) is 2. The molecule has 1 heterocycles. The largest absolute Gasteiger partial charge is 0.497 e. The Morgan fingerprint density at radius 1 is 1.47 bits per heavy atom. The molecule has 0 spiro atoms. The molecule has 3 N–H and O–H groups in total. The van der Waals surface area contributed by atoms with Crippen LogP contribution in [0.5, 0.6) is 5.75 Å². The molecule has 1 fully saturated rings. The molecule has 1 unspecified atom stereocenters. The van der Waals surface area contributed by atoms with Crippen molar-refractivity contribution in [2.45, 2.75) is 6.10 Å². The third kappa shape index (κ3) is 4.09. The number of benzene rings is 1. The first kappa shape index (κ1) is 15.8. The number of hydrogen-bond donors (Lipinski definition) is 3. The number of aliphatic hydroxyl groups is 1. The second-order valence-electron chi connectivity index (χ2n) is 4.39. The molecule has 1 saturated heterocycles. The fraction of sp³-hybridized carbons (Fsp3) is 0.462. The summed E-state index contributed by atoms with van der Waals surface area (Å²) in [5, 5.41) is 15.7. The van der Waals surface area contributed by atoms with Gasteiger partial charge in [0.05, 0.1) is 19.1 Å². The van der Waals surface area contributed by atoms with Crippen LogP contribution in [0.4, 0.5) is 0 Å². The van der Waals surface area contributed by atoms with Gasteiger partial charge in [-0.2, -0.15) is 0 Å². The van der Waals surface area contributed by atoms with E-state index in [4.69, 9.17) is 4.74 Å². The Hall–Kier alpha value is -1.30. The molecule has 0 aliphatic carbocycles. The molecule has 0 aromatic heterocycles. The Balaban J connectivity index is 0.00000180. The molecular formula is C13H19ClN2O3. The Morgan fingerprint density at radius 2 is 2.11 bits per heavy atom. The van der Waals surface area contributed by atoms with Crippen LogP contribution >= 0.6 is 12.4 Å². The highest BCUT2D eigenvalue weighted by atomic mass is 35.5. The van der Waals surface area contributed by atoms with Crippen LogP contribution in [-0.2, 0) is 4.79 Å². The minimum Gasteiger partial charge on any atom is -0.497 e. The zero-order chi connectivity index (χ0) is 13.0. The average molecular weight is 287 g/mol. The molecule has 5 nitrogen and oxygen atoms in total. The predicted octanol–water partition coefficient (Wildman–Crippen LogP) is 0.486. The van der Waals surface area contributed by atoms with Gasteiger partial charge in [0, 0.05) is 19.6 Å². The summed E-state index contributed by atoms with van der Waals surface area (Å²) in [6.07, 6.45) is -0.687. The molecule has 1 aliphatic rings. The fourth-order valence-corrected chi connectivity index (χ4v) is 1.76. The SMILES string of the molecule is COc1ccc(C(O)CNC(=O)C2CNC2)cc1.Cl. The minimum atomic E-state index is -0.687. The Bertz CT molecular complexity index is 407. The Labute approximate surface area is 118 Å². The van der Waals surface area contributed by atoms with Gasteiger partial charge in [0.1, 0.15) is 5.75 Å². The van der Waals surface area contributed by atoms with Gasteiger partial charge in [-0.25, -0.2) is 0 Å². The van der Waals surface area contributed by atoms with Gasteiger partial charge >= 0.3 is 0 Å². The van der Waals surface area contributed by atoms with E-state index in [1.807, 2.05) is 0 Å². The molecule has 2 rings (SSSR count). The van der Waals surface area contributed by atoms with Crippen molar-refractivity contribution in [3.63, 3.8) is 0 Å². The molecule has 0 bridgehead atoms. The number of aliphatic hydroxyl groups excluding tert-OH is 1. The lowest BCUT2D eigenvalue weighted by molar-refractivity contribution is -0.126. The van der Waals surface area contributed by atoms with Crippen molar-refractivity contribution in [3.8, 4) is 5.75 Å². The van der Waals surface area contributed by atoms with Crippen LogP contribution in [0.25, 0.3) is 0 Å². The summed E-state index contributed by atoms with van der Waals surface area (Å²) in [4.78, 5) is 11.6. The van der Waals surface area contributed by atoms with Crippen molar-refractivity contribution in [3.05, 3.63) is 29.8 Å². The topological polar surface area (TPSA) is 70.6 Å². The zero-order valence-electron chi connectivity index (χ0n) is 10.8. The van der Waals surface area contributed by atoms with E-state index in [-0.39, 0.29) is 30.8 Å². The maximum Gasteiger partial charge on any atom is 0.225 e. The van der Waals surface area contributed by atoms with Crippen LogP contribution in [0.3, 0.4) is 0 Å². The lowest BCUT2D eigenvalue weighted by Crippen LogP contribution is -2.51. The minimum absolute atomic E-state index is 0. The van der Waals surface area contributed by atoms with E-state index in [1.165, 1.54) is 0 Å². The van der Waals surface area contributed by atoms with E-state index in [1.54, 1.807) is 31.4 Å². The highest BCUT2D eigenvalue weighted by molar-refractivity contribution is 5.85. The van der Waals surface area contributed by atoms with Crippen LogP contribution in [0.15, 0.2) is 24.3 Å². The summed E-state index contributed by atoms with van der Waals surface area (Å²) in [7, 11) is 1.60. The summed E-state index contributed by atoms with van der Waals surface area (Å²) >= 11 is 0. The number of methoxy groups -OCH3 is 1. The fourth-order valence-electron chi connectivity index (χ4n) is 1.76. The maximum atomic E-state index is 11.6. The summed E-state index contributed by atoms with van der Waals surface area (Å²) < 4.78 is 5.04. The van der Waals surface area contributed by atoms with E-state index in [0.29, 0.717) is 0 Å². The van der Waals surface area contributed by atoms with Crippen molar-refractivity contribution in [2.24, 2.45) is 5.92 Å². The predicted molar refractivity (Wildman–Crippen MR) is 74.6 cm³/mol. The number of carbonyl (C=O) groups excluding carboxylic acids is 1. The molecule has 1 aromatic carbocycles. The monoisotopic (exact) mass is 286 g/mol. The van der Waals surface area contributed by atoms with E-state index in [9.17, 15) is 9.90 Å². The van der Waals surface area contributed by atoms with Gasteiger partial charge < -0.3 is 20.5 Å². The molecule has 1 atom stereocenters. The van der Waals surface area contributed by atoms with Gasteiger partial charge in [-0.3, -0.25) is 4.79 Å². The highest BCUT2D eigenvalue weighted by Crippen LogP contribution is 2.17. The average Bonchev–Trinajstić information content (AvgIpc) is 2.34. The van der Waals surface area contributed by atoms with E-state index in [2.05, 4.69) is 10.6 Å². The highest BCUT2D eigenvalue weighted by Gasteiger charge is 2.24. The van der Waals surface area contributed by atoms with Gasteiger partial charge in [-0.15, -0.1) is 12.4 Å². The maximum absolute atomic E-state index is 11.6. The van der Waals surface area contributed by atoms with Crippen LogP contribution in [0.2, 0.25) is 0 Å². The van der Waals surface area contributed by atoms with Crippen molar-refractivity contribution in [1.29, 1.82) is 0 Å². The van der Waals surface area contributed by atoms with Gasteiger partial charge in [0.15, 0.2) is 0 Å². The molecular weight excluding hydrogens is 268 g/mol. The Kier molecular flexibility index (Phi) is 6.08. The molecule has 1 aromatic rings. The quantitative estimate of drug-likeness (QED) is 0.737. The molecule has 6 heteroatoms.